The number of sulfonamides is 1. The van der Waals surface area contributed by atoms with E-state index in [0.29, 0.717) is 11.4 Å². The zero-order valence-corrected chi connectivity index (χ0v) is 16.1. The van der Waals surface area contributed by atoms with E-state index in [0.717, 1.165) is 43.1 Å². The maximum Gasteiger partial charge on any atom is 0.240 e. The van der Waals surface area contributed by atoms with Crippen molar-refractivity contribution >= 4 is 21.7 Å². The van der Waals surface area contributed by atoms with Crippen molar-refractivity contribution in [3.8, 4) is 0 Å². The Hall–Kier alpha value is -2.19. The minimum atomic E-state index is -3.40. The minimum absolute atomic E-state index is 0.114. The largest absolute Gasteiger partial charge is 0.366 e. The highest BCUT2D eigenvalue weighted by Crippen LogP contribution is 2.23. The molecule has 1 aromatic carbocycles. The molecule has 1 saturated carbocycles. The van der Waals surface area contributed by atoms with Gasteiger partial charge in [0.15, 0.2) is 0 Å². The third kappa shape index (κ3) is 4.75. The fourth-order valence-electron chi connectivity index (χ4n) is 3.21. The average Bonchev–Trinajstić information content (AvgIpc) is 3.51. The third-order valence-electron chi connectivity index (χ3n) is 4.94. The van der Waals surface area contributed by atoms with Crippen molar-refractivity contribution in [2.24, 2.45) is 0 Å². The third-order valence-corrected chi connectivity index (χ3v) is 6.48. The Bertz CT molecular complexity index is 875. The molecule has 144 valence electrons. The number of rotatable bonds is 7. The number of anilines is 2. The zero-order valence-electron chi connectivity index (χ0n) is 15.3. The van der Waals surface area contributed by atoms with Crippen LogP contribution in [0.2, 0.25) is 0 Å². The van der Waals surface area contributed by atoms with Crippen LogP contribution >= 0.6 is 0 Å². The second kappa shape index (κ2) is 7.82. The van der Waals surface area contributed by atoms with Gasteiger partial charge in [0, 0.05) is 31.7 Å². The van der Waals surface area contributed by atoms with E-state index in [-0.39, 0.29) is 6.04 Å². The molecule has 2 heterocycles. The van der Waals surface area contributed by atoms with Gasteiger partial charge >= 0.3 is 0 Å². The van der Waals surface area contributed by atoms with Crippen LogP contribution < -0.4 is 14.9 Å². The molecule has 0 unspecified atom stereocenters. The maximum absolute atomic E-state index is 12.2. The predicted molar refractivity (Wildman–Crippen MR) is 105 cm³/mol. The summed E-state index contributed by atoms with van der Waals surface area (Å²) in [7, 11) is -3.40. The van der Waals surface area contributed by atoms with Crippen LogP contribution in [0.4, 0.5) is 11.6 Å². The quantitative estimate of drug-likeness (QED) is 0.759. The number of nitrogens with zero attached hydrogens (tertiary/aromatic N) is 3. The first-order chi connectivity index (χ1) is 13.1. The predicted octanol–water partition coefficient (Wildman–Crippen LogP) is 2.52. The Morgan fingerprint density at radius 2 is 1.78 bits per heavy atom. The average molecular weight is 388 g/mol. The summed E-state index contributed by atoms with van der Waals surface area (Å²) in [5.41, 5.74) is 0.999. The lowest BCUT2D eigenvalue weighted by Gasteiger charge is -2.27. The van der Waals surface area contributed by atoms with Crippen molar-refractivity contribution in [1.29, 1.82) is 0 Å². The molecule has 7 nitrogen and oxygen atoms in total. The molecule has 0 amide bonds. The molecular formula is C19H25N5O2S. The molecule has 0 spiro atoms. The van der Waals surface area contributed by atoms with Crippen molar-refractivity contribution in [3.05, 3.63) is 42.2 Å². The lowest BCUT2D eigenvalue weighted by Crippen LogP contribution is -2.30. The molecule has 1 aliphatic carbocycles. The van der Waals surface area contributed by atoms with Gasteiger partial charge in [0.25, 0.3) is 0 Å². The minimum Gasteiger partial charge on any atom is -0.366 e. The van der Waals surface area contributed by atoms with Crippen LogP contribution in [0, 0.1) is 0 Å². The van der Waals surface area contributed by atoms with Gasteiger partial charge in [0.05, 0.1) is 4.90 Å². The first-order valence-electron chi connectivity index (χ1n) is 9.52. The van der Waals surface area contributed by atoms with Gasteiger partial charge < -0.3 is 10.2 Å². The van der Waals surface area contributed by atoms with Gasteiger partial charge in [-0.2, -0.15) is 0 Å². The van der Waals surface area contributed by atoms with Gasteiger partial charge in [-0.3, -0.25) is 0 Å². The van der Waals surface area contributed by atoms with Crippen molar-refractivity contribution in [2.75, 3.05) is 23.3 Å². The molecule has 27 heavy (non-hydrogen) atoms. The summed E-state index contributed by atoms with van der Waals surface area (Å²) in [6.45, 7) is 2.66. The Balaban J connectivity index is 1.37. The Labute approximate surface area is 160 Å². The van der Waals surface area contributed by atoms with Crippen LogP contribution in [0.1, 0.15) is 37.7 Å². The summed E-state index contributed by atoms with van der Waals surface area (Å²) in [5, 5.41) is 3.30. The molecule has 0 atom stereocenters. The summed E-state index contributed by atoms with van der Waals surface area (Å²) in [5.74, 6) is 1.73. The Morgan fingerprint density at radius 1 is 1.04 bits per heavy atom. The van der Waals surface area contributed by atoms with Crippen molar-refractivity contribution in [1.82, 2.24) is 14.7 Å². The van der Waals surface area contributed by atoms with Crippen LogP contribution in [-0.2, 0) is 16.6 Å². The number of benzene rings is 1. The smallest absolute Gasteiger partial charge is 0.240 e. The number of piperidine rings is 1. The van der Waals surface area contributed by atoms with E-state index in [2.05, 4.69) is 24.9 Å². The van der Waals surface area contributed by atoms with E-state index in [4.69, 9.17) is 0 Å². The van der Waals surface area contributed by atoms with Crippen LogP contribution in [0.15, 0.2) is 41.6 Å². The van der Waals surface area contributed by atoms with Gasteiger partial charge in [-0.25, -0.2) is 23.1 Å². The normalized spacial score (nSPS) is 17.7. The zero-order chi connectivity index (χ0) is 18.7. The number of hydrogen-bond acceptors (Lipinski definition) is 6. The molecule has 2 fully saturated rings. The summed E-state index contributed by atoms with van der Waals surface area (Å²) in [6.07, 6.45) is 7.15. The number of hydrogen-bond donors (Lipinski definition) is 2. The van der Waals surface area contributed by atoms with E-state index >= 15 is 0 Å². The summed E-state index contributed by atoms with van der Waals surface area (Å²) >= 11 is 0. The summed E-state index contributed by atoms with van der Waals surface area (Å²) < 4.78 is 27.1. The fraction of sp³-hybridized carbons (Fsp3) is 0.474. The molecule has 2 N–H and O–H groups in total. The first kappa shape index (κ1) is 18.2. The van der Waals surface area contributed by atoms with E-state index in [1.165, 1.54) is 19.3 Å². The van der Waals surface area contributed by atoms with Crippen molar-refractivity contribution < 1.29 is 8.42 Å². The first-order valence-corrected chi connectivity index (χ1v) is 11.0. The number of aromatic nitrogens is 2. The SMILES string of the molecule is O=S(=O)(NC1CC1)c1ccc(CNc2cc(N3CCCCC3)ncn2)cc1. The molecule has 0 bridgehead atoms. The molecule has 1 aromatic heterocycles. The summed E-state index contributed by atoms with van der Waals surface area (Å²) in [6, 6.07) is 9.07. The Morgan fingerprint density at radius 3 is 2.48 bits per heavy atom. The molecule has 4 rings (SSSR count). The van der Waals surface area contributed by atoms with Gasteiger partial charge in [-0.15, -0.1) is 0 Å². The summed E-state index contributed by atoms with van der Waals surface area (Å²) in [4.78, 5) is 11.3. The van der Waals surface area contributed by atoms with E-state index in [1.54, 1.807) is 18.5 Å². The maximum atomic E-state index is 12.2. The second-order valence-corrected chi connectivity index (χ2v) is 8.92. The highest BCUT2D eigenvalue weighted by atomic mass is 32.2. The van der Waals surface area contributed by atoms with Gasteiger partial charge in [-0.05, 0) is 49.8 Å². The fourth-order valence-corrected chi connectivity index (χ4v) is 4.51. The molecule has 0 radical (unpaired) electrons. The van der Waals surface area contributed by atoms with Gasteiger partial charge in [0.2, 0.25) is 10.0 Å². The van der Waals surface area contributed by atoms with Crippen LogP contribution in [0.5, 0.6) is 0 Å². The monoisotopic (exact) mass is 387 g/mol. The lowest BCUT2D eigenvalue weighted by molar-refractivity contribution is 0.573. The standard InChI is InChI=1S/C19H25N5O2S/c25-27(26,23-16-6-7-16)17-8-4-15(5-9-17)13-20-18-12-19(22-14-21-18)24-10-2-1-3-11-24/h4-5,8-9,12,14,16,23H,1-3,6-7,10-11,13H2,(H,20,21,22). The van der Waals surface area contributed by atoms with Crippen LogP contribution in [0.3, 0.4) is 0 Å². The van der Waals surface area contributed by atoms with E-state index in [9.17, 15) is 8.42 Å². The molecule has 2 aromatic rings. The van der Waals surface area contributed by atoms with Gasteiger partial charge in [0.1, 0.15) is 18.0 Å². The highest BCUT2D eigenvalue weighted by Gasteiger charge is 2.27. The molecule has 8 heteroatoms. The highest BCUT2D eigenvalue weighted by molar-refractivity contribution is 7.89. The Kier molecular flexibility index (Phi) is 5.27. The molecule has 1 aliphatic heterocycles. The van der Waals surface area contributed by atoms with E-state index in [1.807, 2.05) is 18.2 Å². The van der Waals surface area contributed by atoms with Gasteiger partial charge in [-0.1, -0.05) is 12.1 Å². The number of nitrogens with one attached hydrogen (secondary N) is 2. The van der Waals surface area contributed by atoms with Crippen molar-refractivity contribution in [2.45, 2.75) is 49.6 Å². The molecule has 2 aliphatic rings. The van der Waals surface area contributed by atoms with Crippen molar-refractivity contribution in [3.63, 3.8) is 0 Å². The second-order valence-electron chi connectivity index (χ2n) is 7.20. The lowest BCUT2D eigenvalue weighted by atomic mass is 10.1. The van der Waals surface area contributed by atoms with Crippen LogP contribution in [0.25, 0.3) is 0 Å². The molecular weight excluding hydrogens is 362 g/mol. The van der Waals surface area contributed by atoms with E-state index < -0.39 is 10.0 Å². The van der Waals surface area contributed by atoms with Crippen LogP contribution in [-0.4, -0.2) is 37.5 Å². The molecule has 1 saturated heterocycles. The topological polar surface area (TPSA) is 87.2 Å².